The second-order valence-corrected chi connectivity index (χ2v) is 6.98. The highest BCUT2D eigenvalue weighted by Gasteiger charge is 2.11. The van der Waals surface area contributed by atoms with E-state index in [2.05, 4.69) is 10.0 Å². The molecule has 0 radical (unpaired) electrons. The molecule has 2 rings (SSSR count). The number of hydrogen-bond donors (Lipinski definition) is 2. The smallest absolute Gasteiger partial charge is 0.255 e. The van der Waals surface area contributed by atoms with Crippen molar-refractivity contribution in [3.63, 3.8) is 0 Å². The molecule has 0 aliphatic heterocycles. The fourth-order valence-electron chi connectivity index (χ4n) is 2.00. The van der Waals surface area contributed by atoms with Gasteiger partial charge >= 0.3 is 0 Å². The second kappa shape index (κ2) is 6.19. The third-order valence-corrected chi connectivity index (χ3v) is 3.66. The molecule has 1 amide bonds. The van der Waals surface area contributed by atoms with E-state index in [-0.39, 0.29) is 5.91 Å². The highest BCUT2D eigenvalue weighted by atomic mass is 32.2. The van der Waals surface area contributed by atoms with Crippen molar-refractivity contribution in [3.8, 4) is 0 Å². The van der Waals surface area contributed by atoms with Crippen molar-refractivity contribution < 1.29 is 13.2 Å². The summed E-state index contributed by atoms with van der Waals surface area (Å²) in [7, 11) is -3.39. The molecule has 0 heterocycles. The average Bonchev–Trinajstić information content (AvgIpc) is 2.39. The SMILES string of the molecule is Cc1cccc(NC(=O)c2ccc(C)c(NS(C)(=O)=O)c2)c1. The molecular formula is C16H18N2O3S. The number of carbonyl (C=O) groups excluding carboxylic acids is 1. The fraction of sp³-hybridized carbons (Fsp3) is 0.188. The van der Waals surface area contributed by atoms with Crippen LogP contribution in [0.2, 0.25) is 0 Å². The summed E-state index contributed by atoms with van der Waals surface area (Å²) < 4.78 is 25.1. The van der Waals surface area contributed by atoms with Gasteiger partial charge in [-0.3, -0.25) is 9.52 Å². The zero-order valence-corrected chi connectivity index (χ0v) is 13.5. The molecule has 2 N–H and O–H groups in total. The molecule has 0 spiro atoms. The van der Waals surface area contributed by atoms with E-state index in [1.54, 1.807) is 25.1 Å². The summed E-state index contributed by atoms with van der Waals surface area (Å²) in [6.45, 7) is 3.71. The summed E-state index contributed by atoms with van der Waals surface area (Å²) in [5.74, 6) is -0.290. The molecular weight excluding hydrogens is 300 g/mol. The number of carbonyl (C=O) groups is 1. The van der Waals surface area contributed by atoms with E-state index in [1.807, 2.05) is 25.1 Å². The van der Waals surface area contributed by atoms with Crippen molar-refractivity contribution in [3.05, 3.63) is 59.2 Å². The van der Waals surface area contributed by atoms with Crippen LogP contribution in [-0.4, -0.2) is 20.6 Å². The number of nitrogens with one attached hydrogen (secondary N) is 2. The minimum atomic E-state index is -3.39. The molecule has 0 aromatic heterocycles. The molecule has 0 aliphatic carbocycles. The third kappa shape index (κ3) is 4.33. The Morgan fingerprint density at radius 1 is 1.05 bits per heavy atom. The predicted molar refractivity (Wildman–Crippen MR) is 88.8 cm³/mol. The molecule has 0 unspecified atom stereocenters. The highest BCUT2D eigenvalue weighted by Crippen LogP contribution is 2.19. The average molecular weight is 318 g/mol. The first kappa shape index (κ1) is 16.0. The van der Waals surface area contributed by atoms with Crippen LogP contribution in [0, 0.1) is 13.8 Å². The second-order valence-electron chi connectivity index (χ2n) is 5.23. The molecule has 0 saturated carbocycles. The number of sulfonamides is 1. The largest absolute Gasteiger partial charge is 0.322 e. The van der Waals surface area contributed by atoms with Crippen molar-refractivity contribution in [1.82, 2.24) is 0 Å². The molecule has 2 aromatic rings. The van der Waals surface area contributed by atoms with Gasteiger partial charge in [-0.2, -0.15) is 0 Å². The van der Waals surface area contributed by atoms with Gasteiger partial charge < -0.3 is 5.32 Å². The van der Waals surface area contributed by atoms with Gasteiger partial charge in [-0.25, -0.2) is 8.42 Å². The predicted octanol–water partition coefficient (Wildman–Crippen LogP) is 2.93. The number of anilines is 2. The highest BCUT2D eigenvalue weighted by molar-refractivity contribution is 7.92. The molecule has 116 valence electrons. The van der Waals surface area contributed by atoms with Gasteiger partial charge in [0.1, 0.15) is 0 Å². The minimum Gasteiger partial charge on any atom is -0.322 e. The van der Waals surface area contributed by atoms with Crippen LogP contribution in [0.15, 0.2) is 42.5 Å². The lowest BCUT2D eigenvalue weighted by Crippen LogP contribution is -2.14. The Kier molecular flexibility index (Phi) is 4.51. The number of amides is 1. The van der Waals surface area contributed by atoms with Crippen molar-refractivity contribution in [2.45, 2.75) is 13.8 Å². The van der Waals surface area contributed by atoms with Gasteiger partial charge in [-0.15, -0.1) is 0 Å². The monoisotopic (exact) mass is 318 g/mol. The standard InChI is InChI=1S/C16H18N2O3S/c1-11-5-4-6-14(9-11)17-16(19)13-8-7-12(2)15(10-13)18-22(3,20)21/h4-10,18H,1-3H3,(H,17,19). The van der Waals surface area contributed by atoms with Gasteiger partial charge in [0.25, 0.3) is 5.91 Å². The zero-order valence-electron chi connectivity index (χ0n) is 12.7. The summed E-state index contributed by atoms with van der Waals surface area (Å²) in [6, 6.07) is 12.4. The maximum Gasteiger partial charge on any atom is 0.255 e. The van der Waals surface area contributed by atoms with Gasteiger partial charge in [0, 0.05) is 11.3 Å². The minimum absolute atomic E-state index is 0.290. The van der Waals surface area contributed by atoms with Crippen molar-refractivity contribution in [2.24, 2.45) is 0 Å². The van der Waals surface area contributed by atoms with E-state index < -0.39 is 10.0 Å². The Labute approximate surface area is 130 Å². The van der Waals surface area contributed by atoms with E-state index in [0.717, 1.165) is 17.4 Å². The van der Waals surface area contributed by atoms with Gasteiger partial charge in [0.05, 0.1) is 11.9 Å². The lowest BCUT2D eigenvalue weighted by Gasteiger charge is -2.11. The van der Waals surface area contributed by atoms with Crippen molar-refractivity contribution in [2.75, 3.05) is 16.3 Å². The Hall–Kier alpha value is -2.34. The van der Waals surface area contributed by atoms with Crippen molar-refractivity contribution in [1.29, 1.82) is 0 Å². The lowest BCUT2D eigenvalue weighted by molar-refractivity contribution is 0.102. The molecule has 22 heavy (non-hydrogen) atoms. The van der Waals surface area contributed by atoms with Gasteiger partial charge in [0.15, 0.2) is 0 Å². The molecule has 6 heteroatoms. The topological polar surface area (TPSA) is 75.3 Å². The third-order valence-electron chi connectivity index (χ3n) is 3.07. The quantitative estimate of drug-likeness (QED) is 0.910. The first-order chi connectivity index (χ1) is 10.2. The molecule has 0 fully saturated rings. The first-order valence-corrected chi connectivity index (χ1v) is 8.60. The van der Waals surface area contributed by atoms with E-state index in [9.17, 15) is 13.2 Å². The lowest BCUT2D eigenvalue weighted by atomic mass is 10.1. The van der Waals surface area contributed by atoms with Crippen LogP contribution in [0.3, 0.4) is 0 Å². The summed E-state index contributed by atoms with van der Waals surface area (Å²) in [5, 5.41) is 2.79. The number of benzene rings is 2. The summed E-state index contributed by atoms with van der Waals surface area (Å²) in [5.41, 5.74) is 3.28. The van der Waals surface area contributed by atoms with Crippen LogP contribution < -0.4 is 10.0 Å². The summed E-state index contributed by atoms with van der Waals surface area (Å²) >= 11 is 0. The van der Waals surface area contributed by atoms with Crippen LogP contribution in [0.25, 0.3) is 0 Å². The molecule has 0 atom stereocenters. The normalized spacial score (nSPS) is 11.0. The van der Waals surface area contributed by atoms with Crippen molar-refractivity contribution >= 4 is 27.3 Å². The number of rotatable bonds is 4. The molecule has 2 aromatic carbocycles. The van der Waals surface area contributed by atoms with E-state index >= 15 is 0 Å². The zero-order chi connectivity index (χ0) is 16.3. The number of hydrogen-bond acceptors (Lipinski definition) is 3. The molecule has 5 nitrogen and oxygen atoms in total. The van der Waals surface area contributed by atoms with E-state index in [0.29, 0.717) is 16.9 Å². The van der Waals surface area contributed by atoms with Gasteiger partial charge in [-0.1, -0.05) is 18.2 Å². The number of aryl methyl sites for hydroxylation is 2. The molecule has 0 bridgehead atoms. The Morgan fingerprint density at radius 3 is 2.41 bits per heavy atom. The van der Waals surface area contributed by atoms with Crippen LogP contribution in [-0.2, 0) is 10.0 Å². The van der Waals surface area contributed by atoms with Gasteiger partial charge in [0.2, 0.25) is 10.0 Å². The van der Waals surface area contributed by atoms with Crippen LogP contribution in [0.4, 0.5) is 11.4 Å². The van der Waals surface area contributed by atoms with E-state index in [1.165, 1.54) is 6.07 Å². The van der Waals surface area contributed by atoms with Crippen LogP contribution in [0.1, 0.15) is 21.5 Å². The Bertz CT molecular complexity index is 814. The maximum atomic E-state index is 12.3. The molecule has 0 saturated heterocycles. The van der Waals surface area contributed by atoms with Crippen LogP contribution >= 0.6 is 0 Å². The van der Waals surface area contributed by atoms with Crippen LogP contribution in [0.5, 0.6) is 0 Å². The summed E-state index contributed by atoms with van der Waals surface area (Å²) in [4.78, 5) is 12.3. The van der Waals surface area contributed by atoms with Gasteiger partial charge in [-0.05, 0) is 49.2 Å². The Morgan fingerprint density at radius 2 is 1.77 bits per heavy atom. The first-order valence-electron chi connectivity index (χ1n) is 6.71. The fourth-order valence-corrected chi connectivity index (χ4v) is 2.62. The Balaban J connectivity index is 2.25. The van der Waals surface area contributed by atoms with E-state index in [4.69, 9.17) is 0 Å². The summed E-state index contributed by atoms with van der Waals surface area (Å²) in [6.07, 6.45) is 1.08. The maximum absolute atomic E-state index is 12.3. The molecule has 0 aliphatic rings.